The second-order valence-electron chi connectivity index (χ2n) is 8.13. The summed E-state index contributed by atoms with van der Waals surface area (Å²) in [5.41, 5.74) is 16.4. The molecule has 0 spiro atoms. The number of rotatable bonds is 20. The topological polar surface area (TPSA) is 257 Å². The summed E-state index contributed by atoms with van der Waals surface area (Å²) < 4.78 is 0. The number of primary amides is 1. The van der Waals surface area contributed by atoms with Gasteiger partial charge in [-0.3, -0.25) is 24.0 Å². The molecule has 0 aromatic carbocycles. The molecule has 0 saturated heterocycles. The molecule has 206 valence electrons. The maximum absolute atomic E-state index is 13.0. The zero-order valence-corrected chi connectivity index (χ0v) is 21.2. The molecule has 36 heavy (non-hydrogen) atoms. The van der Waals surface area contributed by atoms with E-state index in [1.165, 1.54) is 11.8 Å². The van der Waals surface area contributed by atoms with E-state index in [1.807, 2.05) is 0 Å². The highest BCUT2D eigenvalue weighted by Gasteiger charge is 2.30. The Balaban J connectivity index is 5.53. The van der Waals surface area contributed by atoms with Gasteiger partial charge in [-0.05, 0) is 57.1 Å². The predicted molar refractivity (Wildman–Crippen MR) is 133 cm³/mol. The standard InChI is InChI=1S/C21H38N6O8S/c1-36-11-9-15(21(34)35)27-20(33)14(6-7-16(24)28)26-19(32)13(4-2-3-10-22)25-18(31)12(23)5-8-17(29)30/h12-15H,2-11,22-23H2,1H3,(H2,24,28)(H,25,31)(H,26,32)(H,27,33)(H,29,30)(H,34,35). The van der Waals surface area contributed by atoms with Crippen LogP contribution in [0, 0.1) is 0 Å². The van der Waals surface area contributed by atoms with Crippen LogP contribution in [-0.2, 0) is 28.8 Å². The van der Waals surface area contributed by atoms with E-state index >= 15 is 0 Å². The summed E-state index contributed by atoms with van der Waals surface area (Å²) in [6.45, 7) is 0.344. The fourth-order valence-electron chi connectivity index (χ4n) is 3.04. The van der Waals surface area contributed by atoms with Gasteiger partial charge >= 0.3 is 11.9 Å². The van der Waals surface area contributed by atoms with Gasteiger partial charge in [-0.1, -0.05) is 0 Å². The van der Waals surface area contributed by atoms with Gasteiger partial charge in [0.1, 0.15) is 18.1 Å². The first-order valence-corrected chi connectivity index (χ1v) is 12.9. The van der Waals surface area contributed by atoms with Gasteiger partial charge in [-0.25, -0.2) is 4.79 Å². The van der Waals surface area contributed by atoms with Crippen molar-refractivity contribution < 1.29 is 39.0 Å². The number of aliphatic carboxylic acids is 2. The zero-order valence-electron chi connectivity index (χ0n) is 20.4. The molecule has 0 aromatic heterocycles. The Hall–Kier alpha value is -2.91. The van der Waals surface area contributed by atoms with Crippen molar-refractivity contribution in [2.45, 2.75) is 75.5 Å². The highest BCUT2D eigenvalue weighted by atomic mass is 32.2. The van der Waals surface area contributed by atoms with Crippen LogP contribution in [0.3, 0.4) is 0 Å². The third kappa shape index (κ3) is 14.5. The van der Waals surface area contributed by atoms with E-state index in [-0.39, 0.29) is 38.5 Å². The van der Waals surface area contributed by atoms with Crippen molar-refractivity contribution in [3.05, 3.63) is 0 Å². The molecule has 0 aliphatic rings. The molecule has 4 amide bonds. The Kier molecular flexibility index (Phi) is 16.9. The SMILES string of the molecule is CSCCC(NC(=O)C(CCC(N)=O)NC(=O)C(CCCCN)NC(=O)C(N)CCC(=O)O)C(=O)O. The van der Waals surface area contributed by atoms with Gasteiger partial charge in [0.2, 0.25) is 23.6 Å². The predicted octanol–water partition coefficient (Wildman–Crippen LogP) is -2.13. The van der Waals surface area contributed by atoms with Gasteiger partial charge in [-0.15, -0.1) is 0 Å². The minimum Gasteiger partial charge on any atom is -0.481 e. The summed E-state index contributed by atoms with van der Waals surface area (Å²) in [6.07, 6.45) is 2.14. The van der Waals surface area contributed by atoms with Crippen molar-refractivity contribution in [2.75, 3.05) is 18.6 Å². The first-order valence-electron chi connectivity index (χ1n) is 11.5. The molecule has 0 aliphatic heterocycles. The number of carbonyl (C=O) groups is 6. The molecule has 0 heterocycles. The lowest BCUT2D eigenvalue weighted by molar-refractivity contribution is -0.142. The van der Waals surface area contributed by atoms with Crippen LogP contribution in [-0.4, -0.2) is 88.5 Å². The van der Waals surface area contributed by atoms with E-state index < -0.39 is 59.7 Å². The van der Waals surface area contributed by atoms with Gasteiger partial charge in [0.05, 0.1) is 6.04 Å². The van der Waals surface area contributed by atoms with Crippen LogP contribution >= 0.6 is 11.8 Å². The van der Waals surface area contributed by atoms with E-state index in [0.717, 1.165) is 0 Å². The summed E-state index contributed by atoms with van der Waals surface area (Å²) >= 11 is 1.40. The monoisotopic (exact) mass is 534 g/mol. The molecule has 0 saturated carbocycles. The number of carboxylic acid groups (broad SMARTS) is 2. The van der Waals surface area contributed by atoms with Crippen LogP contribution in [0.1, 0.15) is 51.4 Å². The fourth-order valence-corrected chi connectivity index (χ4v) is 3.51. The minimum atomic E-state index is -1.30. The summed E-state index contributed by atoms with van der Waals surface area (Å²) in [7, 11) is 0. The lowest BCUT2D eigenvalue weighted by Gasteiger charge is -2.25. The summed E-state index contributed by atoms with van der Waals surface area (Å²) in [6, 6.07) is -4.80. The molecule has 0 aliphatic carbocycles. The van der Waals surface area contributed by atoms with Crippen LogP contribution in [0.2, 0.25) is 0 Å². The van der Waals surface area contributed by atoms with Crippen molar-refractivity contribution >= 4 is 47.3 Å². The van der Waals surface area contributed by atoms with Gasteiger partial charge in [0.25, 0.3) is 0 Å². The van der Waals surface area contributed by atoms with Crippen LogP contribution in [0.5, 0.6) is 0 Å². The smallest absolute Gasteiger partial charge is 0.326 e. The van der Waals surface area contributed by atoms with Crippen molar-refractivity contribution in [1.82, 2.24) is 16.0 Å². The highest BCUT2D eigenvalue weighted by molar-refractivity contribution is 7.98. The Labute approximate surface area is 213 Å². The van der Waals surface area contributed by atoms with E-state index in [1.54, 1.807) is 6.26 Å². The zero-order chi connectivity index (χ0) is 27.7. The number of hydrogen-bond donors (Lipinski definition) is 8. The molecule has 4 unspecified atom stereocenters. The lowest BCUT2D eigenvalue weighted by Crippen LogP contribution is -2.57. The van der Waals surface area contributed by atoms with E-state index in [2.05, 4.69) is 16.0 Å². The molecule has 0 bridgehead atoms. The Morgan fingerprint density at radius 2 is 1.33 bits per heavy atom. The fraction of sp³-hybridized carbons (Fsp3) is 0.714. The molecule has 14 nitrogen and oxygen atoms in total. The molecule has 0 aromatic rings. The van der Waals surface area contributed by atoms with E-state index in [9.17, 15) is 33.9 Å². The second-order valence-corrected chi connectivity index (χ2v) is 9.12. The number of carboxylic acids is 2. The molecule has 0 fully saturated rings. The quantitative estimate of drug-likeness (QED) is 0.0782. The van der Waals surface area contributed by atoms with Gasteiger partial charge in [0.15, 0.2) is 0 Å². The lowest BCUT2D eigenvalue weighted by atomic mass is 10.0. The van der Waals surface area contributed by atoms with Crippen LogP contribution in [0.25, 0.3) is 0 Å². The number of nitrogens with two attached hydrogens (primary N) is 3. The van der Waals surface area contributed by atoms with Crippen molar-refractivity contribution in [1.29, 1.82) is 0 Å². The Morgan fingerprint density at radius 3 is 1.83 bits per heavy atom. The van der Waals surface area contributed by atoms with Gasteiger partial charge in [-0.2, -0.15) is 11.8 Å². The summed E-state index contributed by atoms with van der Waals surface area (Å²) in [5, 5.41) is 25.4. The first kappa shape index (κ1) is 33.1. The average molecular weight is 535 g/mol. The van der Waals surface area contributed by atoms with Crippen LogP contribution in [0.15, 0.2) is 0 Å². The number of unbranched alkanes of at least 4 members (excludes halogenated alkanes) is 1. The van der Waals surface area contributed by atoms with Gasteiger partial charge < -0.3 is 43.4 Å². The number of carbonyl (C=O) groups excluding carboxylic acids is 4. The molecule has 0 rings (SSSR count). The Morgan fingerprint density at radius 1 is 0.778 bits per heavy atom. The normalized spacial score (nSPS) is 14.1. The maximum Gasteiger partial charge on any atom is 0.326 e. The first-order chi connectivity index (χ1) is 16.9. The molecular weight excluding hydrogens is 496 g/mol. The van der Waals surface area contributed by atoms with E-state index in [4.69, 9.17) is 22.3 Å². The van der Waals surface area contributed by atoms with Crippen molar-refractivity contribution in [3.63, 3.8) is 0 Å². The Bertz CT molecular complexity index is 769. The highest BCUT2D eigenvalue weighted by Crippen LogP contribution is 2.07. The molecule has 4 atom stereocenters. The summed E-state index contributed by atoms with van der Waals surface area (Å²) in [4.78, 5) is 71.7. The molecular formula is C21H38N6O8S. The third-order valence-electron chi connectivity index (χ3n) is 5.12. The summed E-state index contributed by atoms with van der Waals surface area (Å²) in [5.74, 6) is -4.96. The number of thioether (sulfide) groups is 1. The van der Waals surface area contributed by atoms with Crippen molar-refractivity contribution in [2.24, 2.45) is 17.2 Å². The maximum atomic E-state index is 13.0. The molecule has 15 heteroatoms. The van der Waals surface area contributed by atoms with E-state index in [0.29, 0.717) is 25.1 Å². The van der Waals surface area contributed by atoms with Crippen molar-refractivity contribution in [3.8, 4) is 0 Å². The largest absolute Gasteiger partial charge is 0.481 e. The number of amides is 4. The molecule has 11 N–H and O–H groups in total. The van der Waals surface area contributed by atoms with Gasteiger partial charge in [0, 0.05) is 12.8 Å². The third-order valence-corrected chi connectivity index (χ3v) is 5.77. The minimum absolute atomic E-state index is 0.144. The van der Waals surface area contributed by atoms with Crippen LogP contribution in [0.4, 0.5) is 0 Å². The van der Waals surface area contributed by atoms with Crippen LogP contribution < -0.4 is 33.2 Å². The molecule has 0 radical (unpaired) electrons. The number of nitrogens with one attached hydrogen (secondary N) is 3. The number of hydrogen-bond acceptors (Lipinski definition) is 9. The second kappa shape index (κ2) is 18.4. The average Bonchev–Trinajstić information content (AvgIpc) is 2.81.